The Hall–Kier alpha value is -1.77. The van der Waals surface area contributed by atoms with Gasteiger partial charge in [0.25, 0.3) is 0 Å². The molecule has 0 spiro atoms. The summed E-state index contributed by atoms with van der Waals surface area (Å²) in [5, 5.41) is 20.2. The number of fused-ring (bicyclic) bond motifs is 1. The zero-order valence-electron chi connectivity index (χ0n) is 12.9. The second kappa shape index (κ2) is 7.00. The van der Waals surface area contributed by atoms with E-state index in [9.17, 15) is 9.90 Å². The Bertz CT molecular complexity index is 870. The number of aliphatic carboxylic acids is 1. The van der Waals surface area contributed by atoms with Crippen molar-refractivity contribution in [2.45, 2.75) is 24.8 Å². The standard InChI is InChI=1S/C16H16N2O3S3/c1-2-17-10-5-3-4-6-11(10)23-13(17)8-7-12-15(21)18(9-14(19)20)16(22)24-12/h3-6,8,21H,2,7,9H2,1H3,(H,19,20). The number of anilines is 1. The second-order valence-corrected chi connectivity index (χ2v) is 7.95. The molecule has 5 nitrogen and oxygen atoms in total. The first kappa shape index (κ1) is 17.1. The molecule has 2 N–H and O–H groups in total. The van der Waals surface area contributed by atoms with Crippen molar-refractivity contribution in [3.63, 3.8) is 0 Å². The van der Waals surface area contributed by atoms with E-state index in [1.54, 1.807) is 11.8 Å². The average Bonchev–Trinajstić information content (AvgIpc) is 3.04. The lowest BCUT2D eigenvalue weighted by atomic mass is 10.3. The highest BCUT2D eigenvalue weighted by Crippen LogP contribution is 2.45. The number of hydrogen-bond acceptors (Lipinski definition) is 6. The Kier molecular flexibility index (Phi) is 4.98. The lowest BCUT2D eigenvalue weighted by molar-refractivity contribution is -0.137. The second-order valence-electron chi connectivity index (χ2n) is 5.16. The minimum Gasteiger partial charge on any atom is -0.494 e. The molecule has 8 heteroatoms. The van der Waals surface area contributed by atoms with E-state index in [1.165, 1.54) is 26.5 Å². The highest BCUT2D eigenvalue weighted by Gasteiger charge is 2.23. The van der Waals surface area contributed by atoms with E-state index in [0.717, 1.165) is 11.6 Å². The third kappa shape index (κ3) is 3.22. The SMILES string of the molecule is CCN1C(=CCc2sc(=S)n(CC(=O)O)c2O)Sc2ccccc21. The predicted octanol–water partition coefficient (Wildman–Crippen LogP) is 4.09. The smallest absolute Gasteiger partial charge is 0.323 e. The molecule has 2 aromatic rings. The third-order valence-electron chi connectivity index (χ3n) is 3.64. The van der Waals surface area contributed by atoms with Gasteiger partial charge in [0.15, 0.2) is 3.95 Å². The Morgan fingerprint density at radius 3 is 2.83 bits per heavy atom. The fourth-order valence-electron chi connectivity index (χ4n) is 2.56. The normalized spacial score (nSPS) is 15.0. The van der Waals surface area contributed by atoms with E-state index in [-0.39, 0.29) is 12.4 Å². The molecule has 3 rings (SSSR count). The number of allylic oxidation sites excluding steroid dienone is 1. The number of carboxylic acids is 1. The summed E-state index contributed by atoms with van der Waals surface area (Å²) in [7, 11) is 0. The summed E-state index contributed by atoms with van der Waals surface area (Å²) in [6.07, 6.45) is 2.57. The zero-order chi connectivity index (χ0) is 17.3. The van der Waals surface area contributed by atoms with Gasteiger partial charge in [0, 0.05) is 17.9 Å². The Labute approximate surface area is 152 Å². The molecule has 0 unspecified atom stereocenters. The van der Waals surface area contributed by atoms with Gasteiger partial charge in [0.05, 0.1) is 15.6 Å². The van der Waals surface area contributed by atoms with Crippen LogP contribution in [0.3, 0.4) is 0 Å². The number of benzene rings is 1. The fourth-order valence-corrected chi connectivity index (χ4v) is 5.01. The number of aromatic hydroxyl groups is 1. The Morgan fingerprint density at radius 1 is 1.38 bits per heavy atom. The maximum absolute atomic E-state index is 10.9. The van der Waals surface area contributed by atoms with Crippen molar-refractivity contribution in [3.05, 3.63) is 44.2 Å². The maximum atomic E-state index is 10.9. The topological polar surface area (TPSA) is 65.7 Å². The molecule has 0 saturated carbocycles. The van der Waals surface area contributed by atoms with Crippen LogP contribution >= 0.6 is 35.3 Å². The summed E-state index contributed by atoms with van der Waals surface area (Å²) in [6, 6.07) is 8.23. The monoisotopic (exact) mass is 380 g/mol. The van der Waals surface area contributed by atoms with Crippen LogP contribution in [-0.2, 0) is 17.8 Å². The number of rotatable bonds is 5. The molecule has 1 aliphatic rings. The molecule has 0 saturated heterocycles. The molecule has 0 atom stereocenters. The van der Waals surface area contributed by atoms with Gasteiger partial charge in [-0.2, -0.15) is 0 Å². The molecule has 0 fully saturated rings. The molecule has 1 aromatic heterocycles. The molecular formula is C16H16N2O3S3. The fraction of sp³-hybridized carbons (Fsp3) is 0.250. The molecule has 126 valence electrons. The first-order chi connectivity index (χ1) is 11.5. The lowest BCUT2D eigenvalue weighted by Crippen LogP contribution is -2.16. The molecule has 24 heavy (non-hydrogen) atoms. The quantitative estimate of drug-likeness (QED) is 0.762. The predicted molar refractivity (Wildman–Crippen MR) is 99.5 cm³/mol. The van der Waals surface area contributed by atoms with Crippen LogP contribution < -0.4 is 4.90 Å². The van der Waals surface area contributed by atoms with Crippen LogP contribution in [0.2, 0.25) is 0 Å². The van der Waals surface area contributed by atoms with Crippen molar-refractivity contribution < 1.29 is 15.0 Å². The summed E-state index contributed by atoms with van der Waals surface area (Å²) < 4.78 is 1.63. The van der Waals surface area contributed by atoms with Crippen molar-refractivity contribution >= 4 is 47.0 Å². The summed E-state index contributed by atoms with van der Waals surface area (Å²) in [6.45, 7) is 2.64. The summed E-state index contributed by atoms with van der Waals surface area (Å²) >= 11 is 8.10. The molecule has 1 aliphatic heterocycles. The number of thioether (sulfide) groups is 1. The van der Waals surface area contributed by atoms with Crippen LogP contribution in [0.15, 0.2) is 40.3 Å². The highest BCUT2D eigenvalue weighted by atomic mass is 32.2. The molecular weight excluding hydrogens is 364 g/mol. The van der Waals surface area contributed by atoms with E-state index in [1.807, 2.05) is 12.1 Å². The van der Waals surface area contributed by atoms with Crippen LogP contribution in [0, 0.1) is 3.95 Å². The number of para-hydroxylation sites is 1. The van der Waals surface area contributed by atoms with Gasteiger partial charge in [-0.3, -0.25) is 9.36 Å². The number of hydrogen-bond donors (Lipinski definition) is 2. The van der Waals surface area contributed by atoms with E-state index in [4.69, 9.17) is 17.3 Å². The summed E-state index contributed by atoms with van der Waals surface area (Å²) in [5.41, 5.74) is 1.19. The number of thiazole rings is 1. The van der Waals surface area contributed by atoms with Gasteiger partial charge in [0.1, 0.15) is 6.54 Å². The minimum absolute atomic E-state index is 0.0483. The van der Waals surface area contributed by atoms with Crippen LogP contribution in [0.5, 0.6) is 5.88 Å². The van der Waals surface area contributed by atoms with Crippen LogP contribution in [-0.4, -0.2) is 27.3 Å². The van der Waals surface area contributed by atoms with Crippen LogP contribution in [0.1, 0.15) is 11.8 Å². The minimum atomic E-state index is -1.02. The molecule has 0 amide bonds. The first-order valence-electron chi connectivity index (χ1n) is 7.39. The molecule has 1 aromatic carbocycles. The largest absolute Gasteiger partial charge is 0.494 e. The average molecular weight is 381 g/mol. The van der Waals surface area contributed by atoms with Crippen molar-refractivity contribution in [3.8, 4) is 5.88 Å². The van der Waals surface area contributed by atoms with Crippen molar-refractivity contribution in [2.75, 3.05) is 11.4 Å². The van der Waals surface area contributed by atoms with Crippen molar-refractivity contribution in [1.29, 1.82) is 0 Å². The van der Waals surface area contributed by atoms with Crippen molar-refractivity contribution in [1.82, 2.24) is 4.57 Å². The maximum Gasteiger partial charge on any atom is 0.323 e. The molecule has 2 heterocycles. The van der Waals surface area contributed by atoms with Crippen LogP contribution in [0.25, 0.3) is 0 Å². The molecule has 0 radical (unpaired) electrons. The van der Waals surface area contributed by atoms with Gasteiger partial charge in [-0.05, 0) is 37.4 Å². The lowest BCUT2D eigenvalue weighted by Gasteiger charge is -2.17. The van der Waals surface area contributed by atoms with Gasteiger partial charge in [-0.1, -0.05) is 23.9 Å². The van der Waals surface area contributed by atoms with Gasteiger partial charge >= 0.3 is 5.97 Å². The van der Waals surface area contributed by atoms with E-state index >= 15 is 0 Å². The summed E-state index contributed by atoms with van der Waals surface area (Å²) in [5.74, 6) is -1.07. The van der Waals surface area contributed by atoms with Gasteiger partial charge < -0.3 is 15.1 Å². The van der Waals surface area contributed by atoms with E-state index in [2.05, 4.69) is 30.0 Å². The van der Waals surface area contributed by atoms with Gasteiger partial charge in [0.2, 0.25) is 5.88 Å². The van der Waals surface area contributed by atoms with E-state index in [0.29, 0.717) is 15.3 Å². The van der Waals surface area contributed by atoms with Crippen molar-refractivity contribution in [2.24, 2.45) is 0 Å². The molecule has 0 bridgehead atoms. The van der Waals surface area contributed by atoms with E-state index < -0.39 is 5.97 Å². The highest BCUT2D eigenvalue weighted by molar-refractivity contribution is 8.03. The Morgan fingerprint density at radius 2 is 2.12 bits per heavy atom. The van der Waals surface area contributed by atoms with Gasteiger partial charge in [-0.15, -0.1) is 11.3 Å². The zero-order valence-corrected chi connectivity index (χ0v) is 15.4. The first-order valence-corrected chi connectivity index (χ1v) is 9.43. The third-order valence-corrected chi connectivity index (χ3v) is 6.27. The van der Waals surface area contributed by atoms with Gasteiger partial charge in [-0.25, -0.2) is 0 Å². The molecule has 0 aliphatic carbocycles. The number of carbonyl (C=O) groups is 1. The van der Waals surface area contributed by atoms with Crippen LogP contribution in [0.4, 0.5) is 5.69 Å². The number of carboxylic acid groups (broad SMARTS) is 1. The number of nitrogens with zero attached hydrogens (tertiary/aromatic N) is 2. The number of aromatic nitrogens is 1. The Balaban J connectivity index is 1.85. The summed E-state index contributed by atoms with van der Waals surface area (Å²) in [4.78, 5) is 15.0.